The number of rotatable bonds is 3. The molecule has 13 heavy (non-hydrogen) atoms. The van der Waals surface area contributed by atoms with Gasteiger partial charge in [-0.1, -0.05) is 0 Å². The molecule has 1 amide bonds. The first kappa shape index (κ1) is 10.8. The fourth-order valence-electron chi connectivity index (χ4n) is 1.21. The highest BCUT2D eigenvalue weighted by Gasteiger charge is 2.28. The number of hydrogen-bond donors (Lipinski definition) is 1. The molecule has 2 nitrogen and oxygen atoms in total. The summed E-state index contributed by atoms with van der Waals surface area (Å²) in [6, 6.07) is 0. The predicted octanol–water partition coefficient (Wildman–Crippen LogP) is 1.60. The fraction of sp³-hybridized carbons (Fsp3) is 0.889. The van der Waals surface area contributed by atoms with Gasteiger partial charge < -0.3 is 5.32 Å². The molecule has 1 unspecified atom stereocenters. The van der Waals surface area contributed by atoms with Crippen LogP contribution < -0.4 is 5.32 Å². The van der Waals surface area contributed by atoms with Crippen molar-refractivity contribution >= 4 is 17.7 Å². The molecule has 1 atom stereocenters. The summed E-state index contributed by atoms with van der Waals surface area (Å²) in [5.74, 6) is 2.03. The lowest BCUT2D eigenvalue weighted by molar-refractivity contribution is -0.126. The minimum absolute atomic E-state index is 0.00708. The van der Waals surface area contributed by atoms with Crippen LogP contribution >= 0.6 is 11.8 Å². The van der Waals surface area contributed by atoms with Crippen LogP contribution in [-0.4, -0.2) is 29.6 Å². The molecule has 0 spiro atoms. The van der Waals surface area contributed by atoms with Crippen molar-refractivity contribution < 1.29 is 9.18 Å². The van der Waals surface area contributed by atoms with Gasteiger partial charge in [-0.05, 0) is 26.0 Å². The van der Waals surface area contributed by atoms with Crippen molar-refractivity contribution in [1.29, 1.82) is 0 Å². The van der Waals surface area contributed by atoms with E-state index in [0.717, 1.165) is 17.9 Å². The summed E-state index contributed by atoms with van der Waals surface area (Å²) in [7, 11) is 0. The second kappa shape index (κ2) is 4.31. The first-order valence-electron chi connectivity index (χ1n) is 4.51. The van der Waals surface area contributed by atoms with Crippen LogP contribution in [0.1, 0.15) is 20.3 Å². The lowest BCUT2D eigenvalue weighted by atomic mass is 10.0. The minimum Gasteiger partial charge on any atom is -0.348 e. The summed E-state index contributed by atoms with van der Waals surface area (Å²) < 4.78 is 12.4. The summed E-state index contributed by atoms with van der Waals surface area (Å²) in [5, 5.41) is 2.72. The molecule has 1 heterocycles. The quantitative estimate of drug-likeness (QED) is 0.758. The summed E-state index contributed by atoms with van der Waals surface area (Å²) in [6.45, 7) is 2.89. The van der Waals surface area contributed by atoms with Crippen molar-refractivity contribution in [3.63, 3.8) is 0 Å². The molecule has 0 aliphatic carbocycles. The number of hydrogen-bond acceptors (Lipinski definition) is 2. The van der Waals surface area contributed by atoms with Gasteiger partial charge >= 0.3 is 0 Å². The van der Waals surface area contributed by atoms with E-state index in [0.29, 0.717) is 0 Å². The first-order valence-corrected chi connectivity index (χ1v) is 5.66. The molecule has 0 aromatic heterocycles. The van der Waals surface area contributed by atoms with Gasteiger partial charge in [-0.25, -0.2) is 4.39 Å². The maximum absolute atomic E-state index is 12.4. The SMILES string of the molecule is CC(C)(CF)NC(=O)C1CCSC1. The van der Waals surface area contributed by atoms with Crippen molar-refractivity contribution in [2.75, 3.05) is 18.2 Å². The van der Waals surface area contributed by atoms with E-state index in [1.54, 1.807) is 25.6 Å². The highest BCUT2D eigenvalue weighted by Crippen LogP contribution is 2.24. The number of nitrogens with one attached hydrogen (secondary N) is 1. The highest BCUT2D eigenvalue weighted by atomic mass is 32.2. The molecule has 0 aromatic carbocycles. The molecule has 0 aromatic rings. The molecular formula is C9H16FNOS. The van der Waals surface area contributed by atoms with Crippen molar-refractivity contribution in [1.82, 2.24) is 5.32 Å². The van der Waals surface area contributed by atoms with Crippen molar-refractivity contribution in [3.05, 3.63) is 0 Å². The average molecular weight is 205 g/mol. The minimum atomic E-state index is -0.704. The van der Waals surface area contributed by atoms with E-state index in [2.05, 4.69) is 5.32 Å². The number of halogens is 1. The monoisotopic (exact) mass is 205 g/mol. The van der Waals surface area contributed by atoms with Gasteiger partial charge in [-0.2, -0.15) is 11.8 Å². The second-order valence-corrected chi connectivity index (χ2v) is 5.22. The van der Waals surface area contributed by atoms with E-state index in [4.69, 9.17) is 0 Å². The maximum atomic E-state index is 12.4. The van der Waals surface area contributed by atoms with E-state index in [1.807, 2.05) is 0 Å². The van der Waals surface area contributed by atoms with Crippen LogP contribution in [0.5, 0.6) is 0 Å². The normalized spacial score (nSPS) is 23.2. The molecule has 0 radical (unpaired) electrons. The van der Waals surface area contributed by atoms with Crippen molar-refractivity contribution in [3.8, 4) is 0 Å². The Bertz CT molecular complexity index is 190. The zero-order valence-corrected chi connectivity index (χ0v) is 8.92. The Morgan fingerprint density at radius 1 is 1.69 bits per heavy atom. The summed E-state index contributed by atoms with van der Waals surface area (Å²) >= 11 is 1.79. The Kier molecular flexibility index (Phi) is 3.59. The third kappa shape index (κ3) is 3.18. The van der Waals surface area contributed by atoms with Crippen LogP contribution in [0.3, 0.4) is 0 Å². The topological polar surface area (TPSA) is 29.1 Å². The second-order valence-electron chi connectivity index (χ2n) is 4.07. The Morgan fingerprint density at radius 3 is 2.85 bits per heavy atom. The van der Waals surface area contributed by atoms with Gasteiger partial charge in [0.05, 0.1) is 5.54 Å². The molecule has 1 fully saturated rings. The third-order valence-electron chi connectivity index (χ3n) is 2.10. The Morgan fingerprint density at radius 2 is 2.38 bits per heavy atom. The molecule has 76 valence electrons. The van der Waals surface area contributed by atoms with Crippen molar-refractivity contribution in [2.24, 2.45) is 5.92 Å². The van der Waals surface area contributed by atoms with Crippen LogP contribution in [0.2, 0.25) is 0 Å². The van der Waals surface area contributed by atoms with Gasteiger partial charge in [0.15, 0.2) is 0 Å². The van der Waals surface area contributed by atoms with E-state index in [9.17, 15) is 9.18 Å². The highest BCUT2D eigenvalue weighted by molar-refractivity contribution is 7.99. The summed E-state index contributed by atoms with van der Waals surface area (Å²) in [4.78, 5) is 11.5. The Hall–Kier alpha value is -0.250. The van der Waals surface area contributed by atoms with Crippen LogP contribution in [0.4, 0.5) is 4.39 Å². The van der Waals surface area contributed by atoms with E-state index in [-0.39, 0.29) is 11.8 Å². The van der Waals surface area contributed by atoms with Gasteiger partial charge in [-0.3, -0.25) is 4.79 Å². The van der Waals surface area contributed by atoms with Gasteiger partial charge in [-0.15, -0.1) is 0 Å². The van der Waals surface area contributed by atoms with Crippen LogP contribution in [0.25, 0.3) is 0 Å². The standard InChI is InChI=1S/C9H16FNOS/c1-9(2,6-10)11-8(12)7-3-4-13-5-7/h7H,3-6H2,1-2H3,(H,11,12). The average Bonchev–Trinajstić information content (AvgIpc) is 2.55. The van der Waals surface area contributed by atoms with Gasteiger partial charge in [0.1, 0.15) is 6.67 Å². The first-order chi connectivity index (χ1) is 6.05. The van der Waals surface area contributed by atoms with Crippen molar-refractivity contribution in [2.45, 2.75) is 25.8 Å². The number of thioether (sulfide) groups is 1. The van der Waals surface area contributed by atoms with Gasteiger partial charge in [0, 0.05) is 11.7 Å². The summed E-state index contributed by atoms with van der Waals surface area (Å²) in [6.07, 6.45) is 0.929. The maximum Gasteiger partial charge on any atom is 0.224 e. The number of carbonyl (C=O) groups excluding carboxylic acids is 1. The zero-order valence-electron chi connectivity index (χ0n) is 8.10. The number of alkyl halides is 1. The largest absolute Gasteiger partial charge is 0.348 e. The lowest BCUT2D eigenvalue weighted by Crippen LogP contribution is -2.47. The lowest BCUT2D eigenvalue weighted by Gasteiger charge is -2.24. The molecule has 1 aliphatic heterocycles. The number of carbonyl (C=O) groups is 1. The van der Waals surface area contributed by atoms with Crippen LogP contribution in [0.15, 0.2) is 0 Å². The molecular weight excluding hydrogens is 189 g/mol. The van der Waals surface area contributed by atoms with Crippen LogP contribution in [0, 0.1) is 5.92 Å². The number of amides is 1. The van der Waals surface area contributed by atoms with Gasteiger partial charge in [0.25, 0.3) is 0 Å². The molecule has 1 rings (SSSR count). The third-order valence-corrected chi connectivity index (χ3v) is 3.26. The molecule has 0 saturated carbocycles. The van der Waals surface area contributed by atoms with E-state index < -0.39 is 12.2 Å². The Labute approximate surface area is 82.7 Å². The molecule has 1 saturated heterocycles. The van der Waals surface area contributed by atoms with E-state index in [1.165, 1.54) is 0 Å². The molecule has 0 bridgehead atoms. The fourth-order valence-corrected chi connectivity index (χ4v) is 2.43. The zero-order chi connectivity index (χ0) is 9.90. The van der Waals surface area contributed by atoms with Crippen LogP contribution in [-0.2, 0) is 4.79 Å². The molecule has 1 aliphatic rings. The smallest absolute Gasteiger partial charge is 0.224 e. The Balaban J connectivity index is 2.40. The molecule has 4 heteroatoms. The van der Waals surface area contributed by atoms with Gasteiger partial charge in [0.2, 0.25) is 5.91 Å². The summed E-state index contributed by atoms with van der Waals surface area (Å²) in [5.41, 5.74) is -0.704. The predicted molar refractivity (Wildman–Crippen MR) is 53.6 cm³/mol. The molecule has 1 N–H and O–H groups in total. The van der Waals surface area contributed by atoms with E-state index >= 15 is 0 Å².